The molecule has 0 unspecified atom stereocenters. The summed E-state index contributed by atoms with van der Waals surface area (Å²) in [6.07, 6.45) is 0. The summed E-state index contributed by atoms with van der Waals surface area (Å²) in [6, 6.07) is 3.45. The number of anilines is 1. The summed E-state index contributed by atoms with van der Waals surface area (Å²) in [5.41, 5.74) is -0.467. The summed E-state index contributed by atoms with van der Waals surface area (Å²) in [6.45, 7) is 3.11. The van der Waals surface area contributed by atoms with Crippen molar-refractivity contribution in [3.63, 3.8) is 0 Å². The predicted molar refractivity (Wildman–Crippen MR) is 94.5 cm³/mol. The molecule has 0 saturated heterocycles. The third-order valence-corrected chi connectivity index (χ3v) is 3.24. The molecule has 1 aromatic rings. The van der Waals surface area contributed by atoms with Crippen LogP contribution in [-0.4, -0.2) is 61.4 Å². The molecule has 11 heteroatoms. The van der Waals surface area contributed by atoms with E-state index in [1.54, 1.807) is 0 Å². The van der Waals surface area contributed by atoms with Crippen LogP contribution in [0.3, 0.4) is 0 Å². The number of rotatable bonds is 14. The third-order valence-electron chi connectivity index (χ3n) is 2.92. The summed E-state index contributed by atoms with van der Waals surface area (Å²) >= 11 is 3.25. The minimum Gasteiger partial charge on any atom is -0.378 e. The summed E-state index contributed by atoms with van der Waals surface area (Å²) in [4.78, 5) is 20.3. The molecule has 1 N–H and O–H groups in total. The Labute approximate surface area is 152 Å². The van der Waals surface area contributed by atoms with Crippen molar-refractivity contribution in [2.75, 3.05) is 56.8 Å². The number of benzene rings is 1. The van der Waals surface area contributed by atoms with E-state index in [1.165, 1.54) is 12.1 Å². The van der Waals surface area contributed by atoms with Gasteiger partial charge in [-0.1, -0.05) is 15.9 Å². The number of nitro benzene ring substituents is 2. The summed E-state index contributed by atoms with van der Waals surface area (Å²) in [5, 5.41) is 25.3. The Hall–Kier alpha value is -1.82. The Morgan fingerprint density at radius 3 is 2.08 bits per heavy atom. The molecule has 0 aliphatic carbocycles. The number of nitro groups is 2. The number of nitrogens with zero attached hydrogens (tertiary/aromatic N) is 2. The van der Waals surface area contributed by atoms with Gasteiger partial charge in [0.25, 0.3) is 11.4 Å². The standard InChI is InChI=1S/C14H20BrN3O7/c15-3-5-23-7-9-25-10-8-24-6-4-16-13-2-1-12(17(19)20)11-14(13)18(21)22/h1-2,11,16H,3-10H2. The van der Waals surface area contributed by atoms with Crippen LogP contribution in [0.15, 0.2) is 18.2 Å². The molecular weight excluding hydrogens is 402 g/mol. The van der Waals surface area contributed by atoms with Crippen LogP contribution in [0.4, 0.5) is 17.1 Å². The van der Waals surface area contributed by atoms with Gasteiger partial charge < -0.3 is 19.5 Å². The highest BCUT2D eigenvalue weighted by molar-refractivity contribution is 9.09. The van der Waals surface area contributed by atoms with Crippen LogP contribution in [0, 0.1) is 20.2 Å². The number of nitrogens with one attached hydrogen (secondary N) is 1. The molecule has 0 bridgehead atoms. The first-order valence-corrected chi connectivity index (χ1v) is 8.64. The van der Waals surface area contributed by atoms with Crippen LogP contribution in [0.25, 0.3) is 0 Å². The molecule has 0 heterocycles. The van der Waals surface area contributed by atoms with Crippen LogP contribution in [-0.2, 0) is 14.2 Å². The van der Waals surface area contributed by atoms with E-state index in [0.717, 1.165) is 11.4 Å². The van der Waals surface area contributed by atoms with Crippen LogP contribution in [0.1, 0.15) is 0 Å². The van der Waals surface area contributed by atoms with Gasteiger partial charge in [-0.15, -0.1) is 0 Å². The number of halogens is 1. The lowest BCUT2D eigenvalue weighted by Crippen LogP contribution is -2.14. The molecule has 1 aromatic carbocycles. The number of hydrogen-bond acceptors (Lipinski definition) is 8. The zero-order valence-corrected chi connectivity index (χ0v) is 15.1. The molecule has 140 valence electrons. The second-order valence-electron chi connectivity index (χ2n) is 4.67. The van der Waals surface area contributed by atoms with Crippen LogP contribution >= 0.6 is 15.9 Å². The minimum absolute atomic E-state index is 0.208. The topological polar surface area (TPSA) is 126 Å². The fourth-order valence-corrected chi connectivity index (χ4v) is 2.02. The van der Waals surface area contributed by atoms with Gasteiger partial charge in [0.05, 0.1) is 55.6 Å². The molecule has 0 aromatic heterocycles. The van der Waals surface area contributed by atoms with E-state index < -0.39 is 9.85 Å². The lowest BCUT2D eigenvalue weighted by molar-refractivity contribution is -0.393. The Morgan fingerprint density at radius 1 is 0.920 bits per heavy atom. The van der Waals surface area contributed by atoms with Gasteiger partial charge >= 0.3 is 0 Å². The second-order valence-corrected chi connectivity index (χ2v) is 5.46. The van der Waals surface area contributed by atoms with E-state index >= 15 is 0 Å². The molecule has 0 radical (unpaired) electrons. The minimum atomic E-state index is -0.676. The Kier molecular flexibility index (Phi) is 10.6. The van der Waals surface area contributed by atoms with Crippen molar-refractivity contribution in [2.24, 2.45) is 0 Å². The molecule has 1 rings (SSSR count). The molecule has 10 nitrogen and oxygen atoms in total. The summed E-state index contributed by atoms with van der Waals surface area (Å²) in [5.74, 6) is 0. The maximum Gasteiger partial charge on any atom is 0.299 e. The Morgan fingerprint density at radius 2 is 1.52 bits per heavy atom. The average Bonchev–Trinajstić information content (AvgIpc) is 2.59. The summed E-state index contributed by atoms with van der Waals surface area (Å²) in [7, 11) is 0. The highest BCUT2D eigenvalue weighted by Gasteiger charge is 2.18. The third kappa shape index (κ3) is 8.72. The molecular formula is C14H20BrN3O7. The monoisotopic (exact) mass is 421 g/mol. The van der Waals surface area contributed by atoms with Gasteiger partial charge in [-0.2, -0.15) is 0 Å². The van der Waals surface area contributed by atoms with Gasteiger partial charge in [0.1, 0.15) is 5.69 Å². The lowest BCUT2D eigenvalue weighted by atomic mass is 10.2. The van der Waals surface area contributed by atoms with Crippen molar-refractivity contribution < 1.29 is 24.1 Å². The highest BCUT2D eigenvalue weighted by Crippen LogP contribution is 2.28. The molecule has 0 fully saturated rings. The van der Waals surface area contributed by atoms with Gasteiger partial charge in [-0.3, -0.25) is 20.2 Å². The van der Waals surface area contributed by atoms with Crippen molar-refractivity contribution in [1.82, 2.24) is 0 Å². The van der Waals surface area contributed by atoms with E-state index in [2.05, 4.69) is 21.2 Å². The summed E-state index contributed by atoms with van der Waals surface area (Å²) < 4.78 is 15.8. The van der Waals surface area contributed by atoms with Crippen molar-refractivity contribution in [3.8, 4) is 0 Å². The van der Waals surface area contributed by atoms with E-state index in [1.807, 2.05) is 0 Å². The smallest absolute Gasteiger partial charge is 0.299 e. The Balaban J connectivity index is 2.21. The maximum absolute atomic E-state index is 11.0. The second kappa shape index (κ2) is 12.5. The van der Waals surface area contributed by atoms with Gasteiger partial charge in [0, 0.05) is 17.9 Å². The normalized spacial score (nSPS) is 10.6. The van der Waals surface area contributed by atoms with Gasteiger partial charge in [-0.25, -0.2) is 0 Å². The van der Waals surface area contributed by atoms with Gasteiger partial charge in [-0.05, 0) is 6.07 Å². The fraction of sp³-hybridized carbons (Fsp3) is 0.571. The number of non-ortho nitro benzene ring substituents is 1. The zero-order valence-electron chi connectivity index (χ0n) is 13.5. The zero-order chi connectivity index (χ0) is 18.5. The highest BCUT2D eigenvalue weighted by atomic mass is 79.9. The van der Waals surface area contributed by atoms with Crippen molar-refractivity contribution in [2.45, 2.75) is 0 Å². The molecule has 0 saturated carbocycles. The number of alkyl halides is 1. The average molecular weight is 422 g/mol. The van der Waals surface area contributed by atoms with Crippen molar-refractivity contribution in [1.29, 1.82) is 0 Å². The van der Waals surface area contributed by atoms with Crippen LogP contribution < -0.4 is 5.32 Å². The van der Waals surface area contributed by atoms with E-state index in [-0.39, 0.29) is 17.1 Å². The number of ether oxygens (including phenoxy) is 3. The van der Waals surface area contributed by atoms with Crippen LogP contribution in [0.5, 0.6) is 0 Å². The van der Waals surface area contributed by atoms with E-state index in [0.29, 0.717) is 46.2 Å². The molecule has 0 spiro atoms. The molecule has 0 aliphatic rings. The first-order chi connectivity index (χ1) is 12.1. The van der Waals surface area contributed by atoms with Crippen LogP contribution in [0.2, 0.25) is 0 Å². The van der Waals surface area contributed by atoms with Crippen molar-refractivity contribution in [3.05, 3.63) is 38.4 Å². The lowest BCUT2D eigenvalue weighted by Gasteiger charge is -2.08. The largest absolute Gasteiger partial charge is 0.378 e. The number of hydrogen-bond donors (Lipinski definition) is 1. The van der Waals surface area contributed by atoms with E-state index in [4.69, 9.17) is 14.2 Å². The predicted octanol–water partition coefficient (Wildman–Crippen LogP) is 2.36. The Bertz CT molecular complexity index is 559. The maximum atomic E-state index is 11.0. The first-order valence-electron chi connectivity index (χ1n) is 7.52. The molecule has 25 heavy (non-hydrogen) atoms. The van der Waals surface area contributed by atoms with Gasteiger partial charge in [0.2, 0.25) is 0 Å². The van der Waals surface area contributed by atoms with Crippen molar-refractivity contribution >= 4 is 33.0 Å². The van der Waals surface area contributed by atoms with E-state index in [9.17, 15) is 20.2 Å². The SMILES string of the molecule is O=[N+]([O-])c1ccc(NCCOCCOCCOCCBr)c([N+](=O)[O-])c1. The van der Waals surface area contributed by atoms with Gasteiger partial charge in [0.15, 0.2) is 0 Å². The molecule has 0 amide bonds. The quantitative estimate of drug-likeness (QED) is 0.210. The molecule has 0 aliphatic heterocycles. The molecule has 0 atom stereocenters. The first kappa shape index (κ1) is 21.2. The fourth-order valence-electron chi connectivity index (χ4n) is 1.79.